The van der Waals surface area contributed by atoms with Gasteiger partial charge in [0.2, 0.25) is 5.91 Å². The number of carbonyl (C=O) groups excluding carboxylic acids is 3. The van der Waals surface area contributed by atoms with Crippen molar-refractivity contribution in [2.24, 2.45) is 0 Å². The molecule has 0 atom stereocenters. The Hall–Kier alpha value is -3.59. The molecule has 2 heterocycles. The Morgan fingerprint density at radius 3 is 2.27 bits per heavy atom. The van der Waals surface area contributed by atoms with Crippen LogP contribution in [0.5, 0.6) is 0 Å². The number of rotatable bonds is 5. The summed E-state index contributed by atoms with van der Waals surface area (Å²) in [6, 6.07) is 12.1. The molecule has 170 valence electrons. The van der Waals surface area contributed by atoms with Crippen molar-refractivity contribution in [1.29, 1.82) is 0 Å². The number of imide groups is 1. The maximum absolute atomic E-state index is 13.1. The molecule has 1 saturated heterocycles. The van der Waals surface area contributed by atoms with Gasteiger partial charge in [0.1, 0.15) is 5.69 Å². The van der Waals surface area contributed by atoms with Crippen LogP contribution in [0.2, 0.25) is 0 Å². The quantitative estimate of drug-likeness (QED) is 0.396. The standard InChI is InChI=1S/C24H24N4O5/c29-22-9-10-25(17-7-4-8-17)11-12-26(22)20-13-18-19(14-21(20)28(32)33)24(31)27(23(18)30)15-16-5-2-1-3-6-16/h1-3,5-6,13-14,17H,4,7-12,15H2. The Morgan fingerprint density at radius 1 is 0.939 bits per heavy atom. The number of carbonyl (C=O) groups is 3. The lowest BCUT2D eigenvalue weighted by Gasteiger charge is -2.36. The van der Waals surface area contributed by atoms with Gasteiger partial charge in [-0.15, -0.1) is 0 Å². The van der Waals surface area contributed by atoms with Crippen LogP contribution < -0.4 is 4.90 Å². The van der Waals surface area contributed by atoms with Crippen LogP contribution in [0.4, 0.5) is 11.4 Å². The van der Waals surface area contributed by atoms with E-state index in [0.29, 0.717) is 25.7 Å². The van der Waals surface area contributed by atoms with Gasteiger partial charge in [-0.3, -0.25) is 34.3 Å². The smallest absolute Gasteiger partial charge is 0.293 e. The normalized spacial score (nSPS) is 19.5. The number of benzene rings is 2. The van der Waals surface area contributed by atoms with Gasteiger partial charge in [0.15, 0.2) is 0 Å². The molecular weight excluding hydrogens is 424 g/mol. The average molecular weight is 448 g/mol. The van der Waals surface area contributed by atoms with Crippen molar-refractivity contribution in [1.82, 2.24) is 9.80 Å². The highest BCUT2D eigenvalue weighted by Crippen LogP contribution is 2.37. The second kappa shape index (κ2) is 8.40. The van der Waals surface area contributed by atoms with Crippen molar-refractivity contribution in [3.63, 3.8) is 0 Å². The Bertz CT molecular complexity index is 1150. The summed E-state index contributed by atoms with van der Waals surface area (Å²) >= 11 is 0. The summed E-state index contributed by atoms with van der Waals surface area (Å²) < 4.78 is 0. The molecule has 2 aliphatic heterocycles. The number of fused-ring (bicyclic) bond motifs is 1. The summed E-state index contributed by atoms with van der Waals surface area (Å²) in [4.78, 5) is 55.0. The molecule has 0 aromatic heterocycles. The first-order valence-electron chi connectivity index (χ1n) is 11.2. The Kier molecular flexibility index (Phi) is 5.41. The van der Waals surface area contributed by atoms with Crippen molar-refractivity contribution in [2.75, 3.05) is 24.5 Å². The topological polar surface area (TPSA) is 104 Å². The zero-order valence-electron chi connectivity index (χ0n) is 18.1. The molecule has 0 unspecified atom stereocenters. The number of hydrogen-bond acceptors (Lipinski definition) is 6. The molecule has 33 heavy (non-hydrogen) atoms. The van der Waals surface area contributed by atoms with E-state index in [-0.39, 0.29) is 41.4 Å². The van der Waals surface area contributed by atoms with Gasteiger partial charge in [-0.05, 0) is 24.5 Å². The van der Waals surface area contributed by atoms with Crippen molar-refractivity contribution < 1.29 is 19.3 Å². The highest BCUT2D eigenvalue weighted by atomic mass is 16.6. The van der Waals surface area contributed by atoms with Gasteiger partial charge in [-0.2, -0.15) is 0 Å². The van der Waals surface area contributed by atoms with E-state index in [1.165, 1.54) is 17.4 Å². The average Bonchev–Trinajstić information content (AvgIpc) is 2.89. The fourth-order valence-electron chi connectivity index (χ4n) is 4.80. The first-order chi connectivity index (χ1) is 15.9. The third-order valence-electron chi connectivity index (χ3n) is 6.85. The predicted molar refractivity (Wildman–Crippen MR) is 120 cm³/mol. The first kappa shape index (κ1) is 21.3. The van der Waals surface area contributed by atoms with Gasteiger partial charge in [-0.1, -0.05) is 36.8 Å². The molecule has 0 N–H and O–H groups in total. The van der Waals surface area contributed by atoms with Gasteiger partial charge >= 0.3 is 0 Å². The number of amides is 3. The lowest BCUT2D eigenvalue weighted by Crippen LogP contribution is -2.42. The van der Waals surface area contributed by atoms with Crippen molar-refractivity contribution in [3.05, 3.63) is 69.3 Å². The summed E-state index contributed by atoms with van der Waals surface area (Å²) in [6.45, 7) is 1.64. The SMILES string of the molecule is O=C1c2cc(N3CCN(C4CCC4)CCC3=O)c([N+](=O)[O-])cc2C(=O)N1Cc1ccccc1. The number of nitro benzene ring substituents is 1. The molecule has 0 spiro atoms. The molecule has 5 rings (SSSR count). The highest BCUT2D eigenvalue weighted by Gasteiger charge is 2.40. The predicted octanol–water partition coefficient (Wildman–Crippen LogP) is 2.98. The Balaban J connectivity index is 1.47. The molecular formula is C24H24N4O5. The second-order valence-corrected chi connectivity index (χ2v) is 8.74. The molecule has 2 fully saturated rings. The monoisotopic (exact) mass is 448 g/mol. The minimum atomic E-state index is -0.588. The molecule has 1 saturated carbocycles. The van der Waals surface area contributed by atoms with E-state index in [1.54, 1.807) is 12.1 Å². The van der Waals surface area contributed by atoms with Crippen LogP contribution in [-0.4, -0.2) is 58.1 Å². The summed E-state index contributed by atoms with van der Waals surface area (Å²) in [6.07, 6.45) is 3.67. The van der Waals surface area contributed by atoms with Crippen LogP contribution in [-0.2, 0) is 11.3 Å². The van der Waals surface area contributed by atoms with Crippen LogP contribution in [0.15, 0.2) is 42.5 Å². The van der Waals surface area contributed by atoms with Gasteiger partial charge in [-0.25, -0.2) is 0 Å². The molecule has 0 bridgehead atoms. The van der Waals surface area contributed by atoms with E-state index in [1.807, 2.05) is 18.2 Å². The van der Waals surface area contributed by atoms with Gasteiger partial charge in [0.05, 0.1) is 22.6 Å². The zero-order valence-corrected chi connectivity index (χ0v) is 18.1. The van der Waals surface area contributed by atoms with Crippen molar-refractivity contribution >= 4 is 29.1 Å². The molecule has 3 amide bonds. The first-order valence-corrected chi connectivity index (χ1v) is 11.2. The molecule has 2 aromatic carbocycles. The molecule has 3 aliphatic rings. The van der Waals surface area contributed by atoms with E-state index in [2.05, 4.69) is 4.90 Å². The van der Waals surface area contributed by atoms with E-state index >= 15 is 0 Å². The van der Waals surface area contributed by atoms with Crippen LogP contribution in [0, 0.1) is 10.1 Å². The van der Waals surface area contributed by atoms with Crippen LogP contribution >= 0.6 is 0 Å². The van der Waals surface area contributed by atoms with Gasteiger partial charge < -0.3 is 4.90 Å². The second-order valence-electron chi connectivity index (χ2n) is 8.74. The fourth-order valence-corrected chi connectivity index (χ4v) is 4.80. The molecule has 9 nitrogen and oxygen atoms in total. The number of anilines is 1. The Morgan fingerprint density at radius 2 is 1.64 bits per heavy atom. The number of nitro groups is 1. The van der Waals surface area contributed by atoms with Crippen molar-refractivity contribution in [3.8, 4) is 0 Å². The summed E-state index contributed by atoms with van der Waals surface area (Å²) in [5.74, 6) is -1.28. The van der Waals surface area contributed by atoms with E-state index in [9.17, 15) is 24.5 Å². The number of nitrogens with zero attached hydrogens (tertiary/aromatic N) is 4. The number of hydrogen-bond donors (Lipinski definition) is 0. The van der Waals surface area contributed by atoms with Gasteiger partial charge in [0.25, 0.3) is 17.5 Å². The lowest BCUT2D eigenvalue weighted by molar-refractivity contribution is -0.384. The third-order valence-corrected chi connectivity index (χ3v) is 6.85. The molecule has 1 aliphatic carbocycles. The highest BCUT2D eigenvalue weighted by molar-refractivity contribution is 6.22. The van der Waals surface area contributed by atoms with Crippen molar-refractivity contribution in [2.45, 2.75) is 38.3 Å². The van der Waals surface area contributed by atoms with Gasteiger partial charge in [0, 0.05) is 38.2 Å². The zero-order chi connectivity index (χ0) is 23.1. The van der Waals surface area contributed by atoms with Crippen LogP contribution in [0.3, 0.4) is 0 Å². The third kappa shape index (κ3) is 3.78. The largest absolute Gasteiger partial charge is 0.305 e. The van der Waals surface area contributed by atoms with E-state index in [0.717, 1.165) is 29.4 Å². The summed E-state index contributed by atoms with van der Waals surface area (Å²) in [5, 5.41) is 11.9. The Labute approximate surface area is 190 Å². The minimum Gasteiger partial charge on any atom is -0.305 e. The molecule has 2 aromatic rings. The summed E-state index contributed by atoms with van der Waals surface area (Å²) in [7, 11) is 0. The fraction of sp³-hybridized carbons (Fsp3) is 0.375. The van der Waals surface area contributed by atoms with Crippen LogP contribution in [0.1, 0.15) is 52.0 Å². The maximum Gasteiger partial charge on any atom is 0.293 e. The van der Waals surface area contributed by atoms with Crippen LogP contribution in [0.25, 0.3) is 0 Å². The summed E-state index contributed by atoms with van der Waals surface area (Å²) in [5.41, 5.74) is 0.638. The maximum atomic E-state index is 13.1. The lowest BCUT2D eigenvalue weighted by atomic mass is 9.91. The molecule has 0 radical (unpaired) electrons. The van der Waals surface area contributed by atoms with E-state index in [4.69, 9.17) is 0 Å². The minimum absolute atomic E-state index is 0.00439. The molecule has 9 heteroatoms. The van der Waals surface area contributed by atoms with E-state index < -0.39 is 16.7 Å².